The van der Waals surface area contributed by atoms with Gasteiger partial charge in [-0.15, -0.1) is 0 Å². The third-order valence-electron chi connectivity index (χ3n) is 2.93. The van der Waals surface area contributed by atoms with E-state index < -0.39 is 16.4 Å². The molecule has 6 heteroatoms. The highest BCUT2D eigenvalue weighted by Gasteiger charge is 2.15. The molecule has 106 valence electrons. The van der Waals surface area contributed by atoms with Gasteiger partial charge in [-0.3, -0.25) is 10.1 Å². The van der Waals surface area contributed by atoms with Crippen molar-refractivity contribution >= 4 is 5.69 Å². The second kappa shape index (κ2) is 7.16. The van der Waals surface area contributed by atoms with Crippen LogP contribution in [-0.2, 0) is 11.3 Å². The Hall–Kier alpha value is -1.53. The largest absolute Gasteiger partial charge is 0.383 e. The number of nitro groups is 1. The van der Waals surface area contributed by atoms with Gasteiger partial charge in [0.1, 0.15) is 0 Å². The first-order valence-corrected chi connectivity index (χ1v) is 6.10. The fraction of sp³-hybridized carbons (Fsp3) is 0.538. The quantitative estimate of drug-likeness (QED) is 0.610. The van der Waals surface area contributed by atoms with Gasteiger partial charge in [0.15, 0.2) is 0 Å². The molecule has 0 amide bonds. The van der Waals surface area contributed by atoms with Crippen molar-refractivity contribution in [1.29, 1.82) is 0 Å². The standard InChI is InChI=1S/C13H19FN2O3/c1-9(2)12(8-19-3)15-7-10-4-5-13(16(17)18)11(14)6-10/h4-6,9,12,15H,7-8H2,1-3H3. The second-order valence-corrected chi connectivity index (χ2v) is 4.73. The van der Waals surface area contributed by atoms with Crippen molar-refractivity contribution in [3.05, 3.63) is 39.7 Å². The molecule has 0 spiro atoms. The van der Waals surface area contributed by atoms with E-state index in [4.69, 9.17) is 4.74 Å². The van der Waals surface area contributed by atoms with E-state index in [1.807, 2.05) is 0 Å². The zero-order valence-corrected chi connectivity index (χ0v) is 11.4. The minimum absolute atomic E-state index is 0.156. The number of nitro benzene ring substituents is 1. The summed E-state index contributed by atoms with van der Waals surface area (Å²) in [6.45, 7) is 5.13. The zero-order valence-electron chi connectivity index (χ0n) is 11.4. The van der Waals surface area contributed by atoms with Gasteiger partial charge < -0.3 is 10.1 Å². The highest BCUT2D eigenvalue weighted by molar-refractivity contribution is 5.34. The first kappa shape index (κ1) is 15.5. The number of nitrogens with zero attached hydrogens (tertiary/aromatic N) is 1. The molecule has 1 rings (SSSR count). The van der Waals surface area contributed by atoms with E-state index in [2.05, 4.69) is 19.2 Å². The summed E-state index contributed by atoms with van der Waals surface area (Å²) in [5.41, 5.74) is 0.172. The third kappa shape index (κ3) is 4.57. The van der Waals surface area contributed by atoms with E-state index in [0.29, 0.717) is 24.6 Å². The topological polar surface area (TPSA) is 64.4 Å². The van der Waals surface area contributed by atoms with Gasteiger partial charge in [-0.1, -0.05) is 19.9 Å². The lowest BCUT2D eigenvalue weighted by atomic mass is 10.0. The molecule has 1 unspecified atom stereocenters. The number of benzene rings is 1. The lowest BCUT2D eigenvalue weighted by Crippen LogP contribution is -2.37. The van der Waals surface area contributed by atoms with Gasteiger partial charge in [-0.25, -0.2) is 0 Å². The van der Waals surface area contributed by atoms with E-state index in [1.165, 1.54) is 12.1 Å². The van der Waals surface area contributed by atoms with E-state index >= 15 is 0 Å². The second-order valence-electron chi connectivity index (χ2n) is 4.73. The molecule has 0 aromatic heterocycles. The van der Waals surface area contributed by atoms with Gasteiger partial charge in [0.05, 0.1) is 11.5 Å². The van der Waals surface area contributed by atoms with Crippen LogP contribution < -0.4 is 5.32 Å². The normalized spacial score (nSPS) is 12.7. The predicted molar refractivity (Wildman–Crippen MR) is 70.4 cm³/mol. The Bertz CT molecular complexity index is 438. The van der Waals surface area contributed by atoms with Crippen LogP contribution in [0.25, 0.3) is 0 Å². The van der Waals surface area contributed by atoms with Gasteiger partial charge in [0.2, 0.25) is 5.82 Å². The van der Waals surface area contributed by atoms with Crippen LogP contribution in [0.3, 0.4) is 0 Å². The third-order valence-corrected chi connectivity index (χ3v) is 2.93. The summed E-state index contributed by atoms with van der Waals surface area (Å²) < 4.78 is 18.5. The Labute approximate surface area is 111 Å². The van der Waals surface area contributed by atoms with Gasteiger partial charge >= 0.3 is 5.69 Å². The van der Waals surface area contributed by atoms with Crippen LogP contribution in [0.4, 0.5) is 10.1 Å². The fourth-order valence-electron chi connectivity index (χ4n) is 1.72. The van der Waals surface area contributed by atoms with E-state index in [9.17, 15) is 14.5 Å². The molecular weight excluding hydrogens is 251 g/mol. The monoisotopic (exact) mass is 270 g/mol. The molecule has 0 aliphatic carbocycles. The molecule has 1 atom stereocenters. The lowest BCUT2D eigenvalue weighted by Gasteiger charge is -2.21. The molecule has 0 fully saturated rings. The molecule has 0 bridgehead atoms. The highest BCUT2D eigenvalue weighted by atomic mass is 19.1. The molecule has 1 aromatic rings. The summed E-state index contributed by atoms with van der Waals surface area (Å²) in [4.78, 5) is 9.78. The molecule has 1 aromatic carbocycles. The highest BCUT2D eigenvalue weighted by Crippen LogP contribution is 2.18. The Morgan fingerprint density at radius 3 is 2.63 bits per heavy atom. The number of hydrogen-bond acceptors (Lipinski definition) is 4. The molecule has 0 aliphatic rings. The summed E-state index contributed by atoms with van der Waals surface area (Å²) in [6, 6.07) is 4.09. The van der Waals surface area contributed by atoms with Crippen molar-refractivity contribution in [1.82, 2.24) is 5.32 Å². The number of hydrogen-bond donors (Lipinski definition) is 1. The van der Waals surface area contributed by atoms with Crippen molar-refractivity contribution < 1.29 is 14.1 Å². The molecule has 5 nitrogen and oxygen atoms in total. The van der Waals surface area contributed by atoms with Crippen LogP contribution in [0.15, 0.2) is 18.2 Å². The number of nitrogens with one attached hydrogen (secondary N) is 1. The Balaban J connectivity index is 2.67. The number of methoxy groups -OCH3 is 1. The molecule has 0 saturated heterocycles. The average molecular weight is 270 g/mol. The fourth-order valence-corrected chi connectivity index (χ4v) is 1.72. The summed E-state index contributed by atoms with van der Waals surface area (Å²) in [7, 11) is 1.63. The van der Waals surface area contributed by atoms with Crippen LogP contribution in [0.2, 0.25) is 0 Å². The smallest absolute Gasteiger partial charge is 0.304 e. The van der Waals surface area contributed by atoms with E-state index in [0.717, 1.165) is 0 Å². The minimum atomic E-state index is -0.808. The number of ether oxygens (including phenoxy) is 1. The summed E-state index contributed by atoms with van der Waals surface area (Å²) >= 11 is 0. The predicted octanol–water partition coefficient (Wildman–Crippen LogP) is 2.49. The summed E-state index contributed by atoms with van der Waals surface area (Å²) in [5.74, 6) is -0.431. The van der Waals surface area contributed by atoms with Crippen LogP contribution in [0.5, 0.6) is 0 Å². The maximum Gasteiger partial charge on any atom is 0.304 e. The first-order valence-electron chi connectivity index (χ1n) is 6.10. The minimum Gasteiger partial charge on any atom is -0.383 e. The number of halogens is 1. The average Bonchev–Trinajstić information content (AvgIpc) is 2.33. The van der Waals surface area contributed by atoms with Crippen LogP contribution in [0.1, 0.15) is 19.4 Å². The Morgan fingerprint density at radius 1 is 1.47 bits per heavy atom. The van der Waals surface area contributed by atoms with Gasteiger partial charge in [0.25, 0.3) is 0 Å². The van der Waals surface area contributed by atoms with Crippen molar-refractivity contribution in [2.75, 3.05) is 13.7 Å². The van der Waals surface area contributed by atoms with Crippen LogP contribution in [-0.4, -0.2) is 24.7 Å². The lowest BCUT2D eigenvalue weighted by molar-refractivity contribution is -0.387. The zero-order chi connectivity index (χ0) is 14.4. The van der Waals surface area contributed by atoms with Gasteiger partial charge in [0, 0.05) is 25.8 Å². The number of rotatable bonds is 7. The van der Waals surface area contributed by atoms with Crippen molar-refractivity contribution in [3.63, 3.8) is 0 Å². The molecule has 1 N–H and O–H groups in total. The van der Waals surface area contributed by atoms with Crippen LogP contribution in [0, 0.1) is 21.8 Å². The molecule has 0 aliphatic heterocycles. The van der Waals surface area contributed by atoms with Crippen molar-refractivity contribution in [2.24, 2.45) is 5.92 Å². The summed E-state index contributed by atoms with van der Waals surface area (Å²) in [5, 5.41) is 13.8. The molecule has 19 heavy (non-hydrogen) atoms. The molecule has 0 heterocycles. The van der Waals surface area contributed by atoms with Gasteiger partial charge in [-0.05, 0) is 17.5 Å². The Morgan fingerprint density at radius 2 is 2.16 bits per heavy atom. The SMILES string of the molecule is COCC(NCc1ccc([N+](=O)[O-])c(F)c1)C(C)C. The first-order chi connectivity index (χ1) is 8.95. The van der Waals surface area contributed by atoms with Crippen molar-refractivity contribution in [2.45, 2.75) is 26.4 Å². The molecule has 0 saturated carbocycles. The summed E-state index contributed by atoms with van der Waals surface area (Å²) in [6.07, 6.45) is 0. The van der Waals surface area contributed by atoms with Crippen molar-refractivity contribution in [3.8, 4) is 0 Å². The molecular formula is C13H19FN2O3. The maximum absolute atomic E-state index is 13.4. The Kier molecular flexibility index (Phi) is 5.85. The maximum atomic E-state index is 13.4. The molecule has 0 radical (unpaired) electrons. The van der Waals surface area contributed by atoms with Gasteiger partial charge in [-0.2, -0.15) is 4.39 Å². The van der Waals surface area contributed by atoms with E-state index in [-0.39, 0.29) is 6.04 Å². The van der Waals surface area contributed by atoms with Crippen LogP contribution >= 0.6 is 0 Å². The van der Waals surface area contributed by atoms with E-state index in [1.54, 1.807) is 13.2 Å².